The number of hydrogen-bond donors (Lipinski definition) is 3. The number of anilines is 2. The van der Waals surface area contributed by atoms with E-state index in [-0.39, 0.29) is 12.2 Å². The van der Waals surface area contributed by atoms with Crippen LogP contribution < -0.4 is 10.2 Å². The standard InChI is InChI=1S/C24H32N2O3/c27-21-12-14-26(15-13-21)20-10-8-19(9-11-20)25-16-22(28)17-29-24-7-3-5-18-4-1-2-6-23(18)24/h1-2,4,6,8-11,21-22,24-25,27-28H,3,5,7,12-17H2. The fourth-order valence-electron chi connectivity index (χ4n) is 4.32. The van der Waals surface area contributed by atoms with Crippen LogP contribution in [0.25, 0.3) is 0 Å². The average molecular weight is 397 g/mol. The van der Waals surface area contributed by atoms with E-state index in [0.29, 0.717) is 13.2 Å². The number of nitrogens with zero attached hydrogens (tertiary/aromatic N) is 1. The van der Waals surface area contributed by atoms with Gasteiger partial charge < -0.3 is 25.2 Å². The summed E-state index contributed by atoms with van der Waals surface area (Å²) in [4.78, 5) is 2.31. The summed E-state index contributed by atoms with van der Waals surface area (Å²) in [5, 5.41) is 23.3. The number of piperidine rings is 1. The molecule has 1 aliphatic heterocycles. The maximum atomic E-state index is 10.4. The van der Waals surface area contributed by atoms with Crippen molar-refractivity contribution in [1.29, 1.82) is 0 Å². The third-order valence-electron chi connectivity index (χ3n) is 6.04. The summed E-state index contributed by atoms with van der Waals surface area (Å²) >= 11 is 0. The van der Waals surface area contributed by atoms with Crippen LogP contribution in [0.2, 0.25) is 0 Å². The van der Waals surface area contributed by atoms with E-state index in [9.17, 15) is 10.2 Å². The molecule has 1 saturated heterocycles. The minimum absolute atomic E-state index is 0.0944. The highest BCUT2D eigenvalue weighted by Crippen LogP contribution is 2.32. The zero-order valence-electron chi connectivity index (χ0n) is 17.0. The van der Waals surface area contributed by atoms with Crippen molar-refractivity contribution in [2.24, 2.45) is 0 Å². The maximum absolute atomic E-state index is 10.4. The van der Waals surface area contributed by atoms with Gasteiger partial charge >= 0.3 is 0 Å². The van der Waals surface area contributed by atoms with E-state index in [1.54, 1.807) is 0 Å². The first-order valence-electron chi connectivity index (χ1n) is 10.8. The van der Waals surface area contributed by atoms with E-state index in [1.165, 1.54) is 16.8 Å². The molecular formula is C24H32N2O3. The SMILES string of the molecule is OC1CCN(c2ccc(NCC(O)COC3CCCc4ccccc43)cc2)CC1. The van der Waals surface area contributed by atoms with Crippen LogP contribution >= 0.6 is 0 Å². The van der Waals surface area contributed by atoms with Crippen molar-refractivity contribution in [3.63, 3.8) is 0 Å². The Labute approximate surface area is 173 Å². The molecule has 0 spiro atoms. The van der Waals surface area contributed by atoms with Gasteiger partial charge in [-0.05, 0) is 67.5 Å². The Morgan fingerprint density at radius 2 is 1.79 bits per heavy atom. The lowest BCUT2D eigenvalue weighted by Gasteiger charge is -2.31. The molecule has 156 valence electrons. The predicted molar refractivity (Wildman–Crippen MR) is 116 cm³/mol. The zero-order valence-corrected chi connectivity index (χ0v) is 17.0. The van der Waals surface area contributed by atoms with Gasteiger partial charge in [0.1, 0.15) is 0 Å². The van der Waals surface area contributed by atoms with Gasteiger partial charge in [-0.2, -0.15) is 0 Å². The second-order valence-electron chi connectivity index (χ2n) is 8.21. The maximum Gasteiger partial charge on any atom is 0.0945 e. The minimum Gasteiger partial charge on any atom is -0.393 e. The summed E-state index contributed by atoms with van der Waals surface area (Å²) in [7, 11) is 0. The minimum atomic E-state index is -0.549. The van der Waals surface area contributed by atoms with Gasteiger partial charge in [0.25, 0.3) is 0 Å². The van der Waals surface area contributed by atoms with Gasteiger partial charge in [0, 0.05) is 31.0 Å². The Bertz CT molecular complexity index is 772. The molecule has 0 aromatic heterocycles. The number of hydrogen-bond acceptors (Lipinski definition) is 5. The number of benzene rings is 2. The largest absolute Gasteiger partial charge is 0.393 e. The molecule has 5 heteroatoms. The van der Waals surface area contributed by atoms with Crippen molar-refractivity contribution >= 4 is 11.4 Å². The van der Waals surface area contributed by atoms with Gasteiger partial charge in [-0.15, -0.1) is 0 Å². The van der Waals surface area contributed by atoms with E-state index < -0.39 is 6.10 Å². The summed E-state index contributed by atoms with van der Waals surface area (Å²) in [6, 6.07) is 16.8. The highest BCUT2D eigenvalue weighted by atomic mass is 16.5. The van der Waals surface area contributed by atoms with Crippen molar-refractivity contribution in [2.75, 3.05) is 36.5 Å². The van der Waals surface area contributed by atoms with Crippen molar-refractivity contribution in [3.8, 4) is 0 Å². The molecule has 1 fully saturated rings. The average Bonchev–Trinajstić information content (AvgIpc) is 2.77. The molecule has 3 N–H and O–H groups in total. The fourth-order valence-corrected chi connectivity index (χ4v) is 4.32. The van der Waals surface area contributed by atoms with Crippen LogP contribution in [0, 0.1) is 0 Å². The first-order chi connectivity index (χ1) is 14.2. The summed E-state index contributed by atoms with van der Waals surface area (Å²) in [5.74, 6) is 0. The molecule has 4 rings (SSSR count). The van der Waals surface area contributed by atoms with Crippen LogP contribution in [0.15, 0.2) is 48.5 Å². The molecule has 5 nitrogen and oxygen atoms in total. The van der Waals surface area contributed by atoms with Gasteiger partial charge in [0.2, 0.25) is 0 Å². The number of rotatable bonds is 7. The van der Waals surface area contributed by atoms with E-state index >= 15 is 0 Å². The number of aliphatic hydroxyl groups is 2. The molecular weight excluding hydrogens is 364 g/mol. The van der Waals surface area contributed by atoms with Crippen molar-refractivity contribution in [2.45, 2.75) is 50.4 Å². The first kappa shape index (κ1) is 20.2. The van der Waals surface area contributed by atoms with Crippen LogP contribution in [0.3, 0.4) is 0 Å². The van der Waals surface area contributed by atoms with Crippen LogP contribution in [0.5, 0.6) is 0 Å². The van der Waals surface area contributed by atoms with Gasteiger partial charge in [-0.1, -0.05) is 24.3 Å². The molecule has 0 saturated carbocycles. The topological polar surface area (TPSA) is 65.0 Å². The molecule has 1 heterocycles. The lowest BCUT2D eigenvalue weighted by atomic mass is 9.89. The Morgan fingerprint density at radius 3 is 2.59 bits per heavy atom. The lowest BCUT2D eigenvalue weighted by molar-refractivity contribution is -0.0129. The van der Waals surface area contributed by atoms with Gasteiger partial charge in [0.05, 0.1) is 24.9 Å². The summed E-state index contributed by atoms with van der Waals surface area (Å²) < 4.78 is 6.05. The highest BCUT2D eigenvalue weighted by molar-refractivity contribution is 5.55. The van der Waals surface area contributed by atoms with Gasteiger partial charge in [-0.3, -0.25) is 0 Å². The Hall–Kier alpha value is -2.08. The molecule has 0 radical (unpaired) electrons. The fraction of sp³-hybridized carbons (Fsp3) is 0.500. The Kier molecular flexibility index (Phi) is 6.70. The smallest absolute Gasteiger partial charge is 0.0945 e. The number of aryl methyl sites for hydroxylation is 1. The third-order valence-corrected chi connectivity index (χ3v) is 6.04. The number of fused-ring (bicyclic) bond motifs is 1. The second-order valence-corrected chi connectivity index (χ2v) is 8.21. The van der Waals surface area contributed by atoms with Crippen LogP contribution in [-0.2, 0) is 11.2 Å². The molecule has 0 amide bonds. The molecule has 2 aromatic rings. The summed E-state index contributed by atoms with van der Waals surface area (Å²) in [5.41, 5.74) is 4.83. The molecule has 2 aromatic carbocycles. The normalized spacial score (nSPS) is 20.9. The third kappa shape index (κ3) is 5.30. The molecule has 2 atom stereocenters. The lowest BCUT2D eigenvalue weighted by Crippen LogP contribution is -2.35. The molecule has 2 aliphatic rings. The van der Waals surface area contributed by atoms with Gasteiger partial charge in [0.15, 0.2) is 0 Å². The zero-order chi connectivity index (χ0) is 20.1. The van der Waals surface area contributed by atoms with Crippen LogP contribution in [-0.4, -0.2) is 48.7 Å². The number of nitrogens with one attached hydrogen (secondary N) is 1. The van der Waals surface area contributed by atoms with Crippen molar-refractivity contribution in [1.82, 2.24) is 0 Å². The first-order valence-corrected chi connectivity index (χ1v) is 10.8. The van der Waals surface area contributed by atoms with Gasteiger partial charge in [-0.25, -0.2) is 0 Å². The van der Waals surface area contributed by atoms with E-state index in [2.05, 4.69) is 46.6 Å². The van der Waals surface area contributed by atoms with Crippen LogP contribution in [0.4, 0.5) is 11.4 Å². The number of aliphatic hydroxyl groups excluding tert-OH is 2. The Morgan fingerprint density at radius 1 is 1.03 bits per heavy atom. The quantitative estimate of drug-likeness (QED) is 0.668. The second kappa shape index (κ2) is 9.61. The monoisotopic (exact) mass is 396 g/mol. The number of ether oxygens (including phenoxy) is 1. The molecule has 0 bridgehead atoms. The van der Waals surface area contributed by atoms with E-state index in [0.717, 1.165) is 50.9 Å². The van der Waals surface area contributed by atoms with Crippen molar-refractivity contribution < 1.29 is 14.9 Å². The van der Waals surface area contributed by atoms with E-state index in [4.69, 9.17) is 4.74 Å². The van der Waals surface area contributed by atoms with Crippen molar-refractivity contribution in [3.05, 3.63) is 59.7 Å². The molecule has 1 aliphatic carbocycles. The Balaban J connectivity index is 1.22. The summed E-state index contributed by atoms with van der Waals surface area (Å²) in [6.45, 7) is 2.59. The highest BCUT2D eigenvalue weighted by Gasteiger charge is 2.21. The van der Waals surface area contributed by atoms with Crippen LogP contribution in [0.1, 0.15) is 42.9 Å². The predicted octanol–water partition coefficient (Wildman–Crippen LogP) is 3.51. The summed E-state index contributed by atoms with van der Waals surface area (Å²) in [6.07, 6.45) is 4.33. The van der Waals surface area contributed by atoms with E-state index in [1.807, 2.05) is 12.1 Å². The molecule has 2 unspecified atom stereocenters. The molecule has 29 heavy (non-hydrogen) atoms.